The highest BCUT2D eigenvalue weighted by Crippen LogP contribution is 2.17. The Hall–Kier alpha value is -2.94. The minimum atomic E-state index is -4.07. The molecule has 7 nitrogen and oxygen atoms in total. The van der Waals surface area contributed by atoms with Crippen molar-refractivity contribution in [1.29, 1.82) is 0 Å². The van der Waals surface area contributed by atoms with Crippen molar-refractivity contribution in [2.24, 2.45) is 0 Å². The van der Waals surface area contributed by atoms with E-state index in [0.29, 0.717) is 5.69 Å². The smallest absolute Gasteiger partial charge is 0.242 e. The van der Waals surface area contributed by atoms with Crippen LogP contribution >= 0.6 is 0 Å². The van der Waals surface area contributed by atoms with Crippen molar-refractivity contribution in [3.8, 4) is 5.75 Å². The molecule has 0 aromatic heterocycles. The molecule has 0 fully saturated rings. The second-order valence-electron chi connectivity index (χ2n) is 5.80. The molecular weight excluding hydrogens is 375 g/mol. The lowest BCUT2D eigenvalue weighted by Crippen LogP contribution is -2.39. The van der Waals surface area contributed by atoms with Crippen LogP contribution in [0.4, 0.5) is 15.8 Å². The molecule has 0 aliphatic carbocycles. The normalized spacial score (nSPS) is 12.2. The highest BCUT2D eigenvalue weighted by molar-refractivity contribution is 7.93. The van der Waals surface area contributed by atoms with Gasteiger partial charge in [0, 0.05) is 11.4 Å². The van der Waals surface area contributed by atoms with Gasteiger partial charge < -0.3 is 15.7 Å². The lowest BCUT2D eigenvalue weighted by molar-refractivity contribution is -0.115. The number of carbonyl (C=O) groups is 2. The second-order valence-corrected chi connectivity index (χ2v) is 7.98. The highest BCUT2D eigenvalue weighted by Gasteiger charge is 2.33. The zero-order valence-corrected chi connectivity index (χ0v) is 15.3. The van der Waals surface area contributed by atoms with E-state index in [0.717, 1.165) is 12.1 Å². The van der Waals surface area contributed by atoms with E-state index in [1.807, 2.05) is 0 Å². The van der Waals surface area contributed by atoms with Crippen LogP contribution in [0.25, 0.3) is 0 Å². The van der Waals surface area contributed by atoms with Crippen LogP contribution in [-0.2, 0) is 19.4 Å². The number of anilines is 2. The monoisotopic (exact) mass is 394 g/mol. The van der Waals surface area contributed by atoms with Crippen LogP contribution in [0.3, 0.4) is 0 Å². The van der Waals surface area contributed by atoms with E-state index >= 15 is 0 Å². The number of hydrogen-bond acceptors (Lipinski definition) is 5. The fourth-order valence-electron chi connectivity index (χ4n) is 2.38. The van der Waals surface area contributed by atoms with Gasteiger partial charge in [0.1, 0.15) is 22.6 Å². The number of phenolic OH excluding ortho intramolecular Hbond substituents is 1. The van der Waals surface area contributed by atoms with E-state index in [1.165, 1.54) is 43.3 Å². The number of rotatable bonds is 7. The molecule has 0 saturated heterocycles. The molecule has 2 rings (SSSR count). The largest absolute Gasteiger partial charge is 0.508 e. The van der Waals surface area contributed by atoms with Crippen LogP contribution in [-0.4, -0.2) is 36.3 Å². The molecule has 1 atom stereocenters. The van der Waals surface area contributed by atoms with Crippen LogP contribution < -0.4 is 10.6 Å². The third kappa shape index (κ3) is 5.78. The number of aromatic hydroxyl groups is 1. The number of sulfone groups is 1. The number of halogens is 1. The van der Waals surface area contributed by atoms with Crippen LogP contribution in [0.15, 0.2) is 48.5 Å². The van der Waals surface area contributed by atoms with Crippen LogP contribution in [0.1, 0.15) is 13.3 Å². The van der Waals surface area contributed by atoms with E-state index < -0.39 is 38.5 Å². The maximum absolute atomic E-state index is 12.9. The third-order valence-corrected chi connectivity index (χ3v) is 5.77. The van der Waals surface area contributed by atoms with Gasteiger partial charge in [-0.1, -0.05) is 6.92 Å². The number of nitrogens with one attached hydrogen (secondary N) is 2. The fourth-order valence-corrected chi connectivity index (χ4v) is 3.92. The number of amides is 2. The van der Waals surface area contributed by atoms with Crippen molar-refractivity contribution in [3.05, 3.63) is 54.3 Å². The molecule has 3 N–H and O–H groups in total. The Bertz CT molecular complexity index is 912. The summed E-state index contributed by atoms with van der Waals surface area (Å²) in [5.74, 6) is -2.95. The molecule has 0 radical (unpaired) electrons. The summed E-state index contributed by atoms with van der Waals surface area (Å²) in [5, 5.41) is 12.6. The predicted octanol–water partition coefficient (Wildman–Crippen LogP) is 2.30. The molecule has 2 amide bonds. The lowest BCUT2D eigenvalue weighted by Gasteiger charge is -2.16. The molecular formula is C18H19FN2O5S. The van der Waals surface area contributed by atoms with E-state index in [4.69, 9.17) is 0 Å². The standard InChI is InChI=1S/C18H19FN2O5S/c1-2-16(18(24)21-14-7-9-15(22)10-8-14)27(25,26)11-17(23)20-13-5-3-12(19)4-6-13/h3-10,16,22H,2,11H2,1H3,(H,20,23)(H,21,24). The summed E-state index contributed by atoms with van der Waals surface area (Å²) >= 11 is 0. The summed E-state index contributed by atoms with van der Waals surface area (Å²) in [7, 11) is -4.07. The molecule has 0 saturated carbocycles. The molecule has 9 heteroatoms. The van der Waals surface area contributed by atoms with Gasteiger partial charge in [0.2, 0.25) is 11.8 Å². The van der Waals surface area contributed by atoms with Crippen molar-refractivity contribution in [3.63, 3.8) is 0 Å². The second kappa shape index (κ2) is 8.63. The van der Waals surface area contributed by atoms with Crippen LogP contribution in [0, 0.1) is 5.82 Å². The molecule has 144 valence electrons. The summed E-state index contributed by atoms with van der Waals surface area (Å²) in [4.78, 5) is 24.3. The SMILES string of the molecule is CCC(C(=O)Nc1ccc(O)cc1)S(=O)(=O)CC(=O)Nc1ccc(F)cc1. The van der Waals surface area contributed by atoms with E-state index in [1.54, 1.807) is 0 Å². The van der Waals surface area contributed by atoms with Gasteiger partial charge in [0.15, 0.2) is 9.84 Å². The van der Waals surface area contributed by atoms with Gasteiger partial charge in [0.05, 0.1) is 0 Å². The first-order valence-corrected chi connectivity index (χ1v) is 9.79. The summed E-state index contributed by atoms with van der Waals surface area (Å²) in [6.07, 6.45) is -0.0178. The van der Waals surface area contributed by atoms with Crippen molar-refractivity contribution >= 4 is 33.0 Å². The topological polar surface area (TPSA) is 113 Å². The average molecular weight is 394 g/mol. The molecule has 0 aliphatic rings. The van der Waals surface area contributed by atoms with Gasteiger partial charge in [-0.15, -0.1) is 0 Å². The minimum Gasteiger partial charge on any atom is -0.508 e. The summed E-state index contributed by atoms with van der Waals surface area (Å²) in [5.41, 5.74) is 0.570. The minimum absolute atomic E-state index is 0.00475. The average Bonchev–Trinajstić information content (AvgIpc) is 2.58. The molecule has 1 unspecified atom stereocenters. The Balaban J connectivity index is 2.04. The van der Waals surface area contributed by atoms with Gasteiger partial charge in [-0.2, -0.15) is 0 Å². The van der Waals surface area contributed by atoms with Crippen molar-refractivity contribution in [1.82, 2.24) is 0 Å². The number of carbonyl (C=O) groups excluding carboxylic acids is 2. The van der Waals surface area contributed by atoms with Gasteiger partial charge in [-0.25, -0.2) is 12.8 Å². The van der Waals surface area contributed by atoms with Gasteiger partial charge in [-0.3, -0.25) is 9.59 Å². The van der Waals surface area contributed by atoms with Crippen LogP contribution in [0.2, 0.25) is 0 Å². The third-order valence-electron chi connectivity index (χ3n) is 3.69. The molecule has 27 heavy (non-hydrogen) atoms. The fraction of sp³-hybridized carbons (Fsp3) is 0.222. The van der Waals surface area contributed by atoms with Crippen molar-refractivity contribution in [2.45, 2.75) is 18.6 Å². The molecule has 2 aromatic carbocycles. The zero-order chi connectivity index (χ0) is 20.0. The lowest BCUT2D eigenvalue weighted by atomic mass is 10.2. The van der Waals surface area contributed by atoms with E-state index in [9.17, 15) is 27.5 Å². The molecule has 0 heterocycles. The Labute approximate surface area is 156 Å². The first kappa shape index (κ1) is 20.4. The predicted molar refractivity (Wildman–Crippen MR) is 99.6 cm³/mol. The summed E-state index contributed by atoms with van der Waals surface area (Å²) in [6, 6.07) is 10.4. The van der Waals surface area contributed by atoms with E-state index in [2.05, 4.69) is 10.6 Å². The zero-order valence-electron chi connectivity index (χ0n) is 14.5. The van der Waals surface area contributed by atoms with Gasteiger partial charge in [0.25, 0.3) is 0 Å². The number of hydrogen-bond donors (Lipinski definition) is 3. The Morgan fingerprint density at radius 3 is 2.07 bits per heavy atom. The number of benzene rings is 2. The van der Waals surface area contributed by atoms with Crippen molar-refractivity contribution in [2.75, 3.05) is 16.4 Å². The van der Waals surface area contributed by atoms with Crippen LogP contribution in [0.5, 0.6) is 5.75 Å². The maximum atomic E-state index is 12.9. The molecule has 0 aliphatic heterocycles. The Morgan fingerprint density at radius 2 is 1.52 bits per heavy atom. The first-order chi connectivity index (χ1) is 12.7. The van der Waals surface area contributed by atoms with Gasteiger partial charge in [-0.05, 0) is 55.0 Å². The molecule has 0 bridgehead atoms. The maximum Gasteiger partial charge on any atom is 0.242 e. The van der Waals surface area contributed by atoms with Crippen molar-refractivity contribution < 1.29 is 27.5 Å². The Kier molecular flexibility index (Phi) is 6.51. The Morgan fingerprint density at radius 1 is 1.00 bits per heavy atom. The molecule has 2 aromatic rings. The number of phenols is 1. The summed E-state index contributed by atoms with van der Waals surface area (Å²) < 4.78 is 37.8. The first-order valence-electron chi connectivity index (χ1n) is 8.08. The molecule has 0 spiro atoms. The van der Waals surface area contributed by atoms with Gasteiger partial charge >= 0.3 is 0 Å². The highest BCUT2D eigenvalue weighted by atomic mass is 32.2. The quantitative estimate of drug-likeness (QED) is 0.624. The van der Waals surface area contributed by atoms with E-state index in [-0.39, 0.29) is 17.9 Å². The summed E-state index contributed by atoms with van der Waals surface area (Å²) in [6.45, 7) is 1.52.